The molecule has 1 saturated heterocycles. The third-order valence-electron chi connectivity index (χ3n) is 3.92. The van der Waals surface area contributed by atoms with Crippen LogP contribution in [0.3, 0.4) is 0 Å². The Morgan fingerprint density at radius 3 is 3.04 bits per heavy atom. The molecule has 7 nitrogen and oxygen atoms in total. The molecule has 3 heterocycles. The van der Waals surface area contributed by atoms with Crippen molar-refractivity contribution in [3.8, 4) is 0 Å². The molecule has 0 spiro atoms. The number of anilines is 1. The van der Waals surface area contributed by atoms with Crippen molar-refractivity contribution in [2.45, 2.75) is 38.6 Å². The number of carbonyl (C=O) groups is 2. The normalized spacial score (nSPS) is 17.4. The first-order valence-electron chi connectivity index (χ1n) is 7.69. The molecule has 2 amide bonds. The number of nitrogens with zero attached hydrogens (tertiary/aromatic N) is 2. The SMILES string of the molecule is Cc1cc(NC(=O)[C@@H]2CCCN2C(=O)CCc2ccco2)no1. The van der Waals surface area contributed by atoms with E-state index >= 15 is 0 Å². The van der Waals surface area contributed by atoms with Crippen LogP contribution in [0, 0.1) is 6.92 Å². The van der Waals surface area contributed by atoms with Crippen LogP contribution in [0.4, 0.5) is 5.82 Å². The molecule has 1 fully saturated rings. The number of hydrogen-bond donors (Lipinski definition) is 1. The number of hydrogen-bond acceptors (Lipinski definition) is 5. The summed E-state index contributed by atoms with van der Waals surface area (Å²) in [7, 11) is 0. The Morgan fingerprint density at radius 1 is 1.48 bits per heavy atom. The molecule has 122 valence electrons. The highest BCUT2D eigenvalue weighted by molar-refractivity contribution is 5.96. The van der Waals surface area contributed by atoms with Gasteiger partial charge in [-0.25, -0.2) is 0 Å². The predicted octanol–water partition coefficient (Wildman–Crippen LogP) is 2.14. The standard InChI is InChI=1S/C16H19N3O4/c1-11-10-14(18-23-11)17-16(21)13-5-2-8-19(13)15(20)7-6-12-4-3-9-22-12/h3-4,9-10,13H,2,5-8H2,1H3,(H,17,18,21)/t13-/m0/s1. The second-order valence-corrected chi connectivity index (χ2v) is 5.64. The van der Waals surface area contributed by atoms with Crippen LogP contribution in [0.15, 0.2) is 33.4 Å². The van der Waals surface area contributed by atoms with Gasteiger partial charge in [0, 0.05) is 25.5 Å². The van der Waals surface area contributed by atoms with Crippen molar-refractivity contribution in [3.05, 3.63) is 36.0 Å². The quantitative estimate of drug-likeness (QED) is 0.912. The highest BCUT2D eigenvalue weighted by Crippen LogP contribution is 2.21. The van der Waals surface area contributed by atoms with E-state index in [9.17, 15) is 9.59 Å². The molecular weight excluding hydrogens is 298 g/mol. The van der Waals surface area contributed by atoms with E-state index in [4.69, 9.17) is 8.94 Å². The molecule has 3 rings (SSSR count). The topological polar surface area (TPSA) is 88.6 Å². The number of nitrogens with one attached hydrogen (secondary N) is 1. The third-order valence-corrected chi connectivity index (χ3v) is 3.92. The fourth-order valence-corrected chi connectivity index (χ4v) is 2.80. The van der Waals surface area contributed by atoms with Crippen LogP contribution in [0.25, 0.3) is 0 Å². The summed E-state index contributed by atoms with van der Waals surface area (Å²) in [5.41, 5.74) is 0. The lowest BCUT2D eigenvalue weighted by molar-refractivity contribution is -0.136. The minimum Gasteiger partial charge on any atom is -0.469 e. The molecule has 0 aliphatic carbocycles. The molecule has 1 N–H and O–H groups in total. The highest BCUT2D eigenvalue weighted by atomic mass is 16.5. The van der Waals surface area contributed by atoms with Crippen molar-refractivity contribution in [2.75, 3.05) is 11.9 Å². The van der Waals surface area contributed by atoms with Crippen molar-refractivity contribution in [1.29, 1.82) is 0 Å². The molecular formula is C16H19N3O4. The molecule has 0 saturated carbocycles. The van der Waals surface area contributed by atoms with Gasteiger partial charge in [-0.3, -0.25) is 9.59 Å². The molecule has 0 aromatic carbocycles. The number of aryl methyl sites for hydroxylation is 2. The lowest BCUT2D eigenvalue weighted by Crippen LogP contribution is -2.43. The zero-order valence-corrected chi connectivity index (χ0v) is 12.9. The zero-order valence-electron chi connectivity index (χ0n) is 12.9. The van der Waals surface area contributed by atoms with E-state index < -0.39 is 6.04 Å². The van der Waals surface area contributed by atoms with Gasteiger partial charge in [0.1, 0.15) is 17.6 Å². The summed E-state index contributed by atoms with van der Waals surface area (Å²) in [6.45, 7) is 2.36. The summed E-state index contributed by atoms with van der Waals surface area (Å²) in [6.07, 6.45) is 3.95. The third kappa shape index (κ3) is 3.61. The molecule has 0 bridgehead atoms. The van der Waals surface area contributed by atoms with Gasteiger partial charge in [0.2, 0.25) is 11.8 Å². The number of aromatic nitrogens is 1. The van der Waals surface area contributed by atoms with Crippen LogP contribution in [0.2, 0.25) is 0 Å². The van der Waals surface area contributed by atoms with E-state index in [1.54, 1.807) is 30.2 Å². The second-order valence-electron chi connectivity index (χ2n) is 5.64. The van der Waals surface area contributed by atoms with Crippen LogP contribution < -0.4 is 5.32 Å². The van der Waals surface area contributed by atoms with Crippen LogP contribution in [0.5, 0.6) is 0 Å². The maximum absolute atomic E-state index is 12.4. The maximum Gasteiger partial charge on any atom is 0.248 e. The van der Waals surface area contributed by atoms with Gasteiger partial charge in [0.05, 0.1) is 6.26 Å². The summed E-state index contributed by atoms with van der Waals surface area (Å²) in [6, 6.07) is 4.84. The van der Waals surface area contributed by atoms with Gasteiger partial charge in [-0.15, -0.1) is 0 Å². The molecule has 0 unspecified atom stereocenters. The molecule has 23 heavy (non-hydrogen) atoms. The lowest BCUT2D eigenvalue weighted by Gasteiger charge is -2.23. The average molecular weight is 317 g/mol. The van der Waals surface area contributed by atoms with Crippen molar-refractivity contribution < 1.29 is 18.5 Å². The average Bonchev–Trinajstić information content (AvgIpc) is 3.26. The zero-order chi connectivity index (χ0) is 16.2. The van der Waals surface area contributed by atoms with Crippen molar-refractivity contribution >= 4 is 17.6 Å². The number of likely N-dealkylation sites (tertiary alicyclic amines) is 1. The molecule has 0 radical (unpaired) electrons. The summed E-state index contributed by atoms with van der Waals surface area (Å²) in [5, 5.41) is 6.45. The van der Waals surface area contributed by atoms with Crippen LogP contribution >= 0.6 is 0 Å². The second kappa shape index (κ2) is 6.68. The van der Waals surface area contributed by atoms with Gasteiger partial charge in [0.25, 0.3) is 0 Å². The van der Waals surface area contributed by atoms with E-state index in [0.29, 0.717) is 37.4 Å². The Labute approximate surface area is 133 Å². The van der Waals surface area contributed by atoms with Crippen molar-refractivity contribution in [1.82, 2.24) is 10.1 Å². The Bertz CT molecular complexity index is 677. The molecule has 1 aliphatic heterocycles. The van der Waals surface area contributed by atoms with Crippen LogP contribution in [-0.4, -0.2) is 34.5 Å². The Kier molecular flexibility index (Phi) is 4.45. The smallest absolute Gasteiger partial charge is 0.248 e. The van der Waals surface area contributed by atoms with Gasteiger partial charge >= 0.3 is 0 Å². The fraction of sp³-hybridized carbons (Fsp3) is 0.438. The number of carbonyl (C=O) groups excluding carboxylic acids is 2. The molecule has 1 aliphatic rings. The number of amides is 2. The van der Waals surface area contributed by atoms with Gasteiger partial charge in [-0.2, -0.15) is 0 Å². The van der Waals surface area contributed by atoms with Gasteiger partial charge in [0.15, 0.2) is 5.82 Å². The Balaban J connectivity index is 1.58. The van der Waals surface area contributed by atoms with E-state index in [1.807, 2.05) is 6.07 Å². The first-order chi connectivity index (χ1) is 11.1. The van der Waals surface area contributed by atoms with Gasteiger partial charge in [-0.05, 0) is 31.9 Å². The predicted molar refractivity (Wildman–Crippen MR) is 81.6 cm³/mol. The number of rotatable bonds is 5. The van der Waals surface area contributed by atoms with E-state index in [2.05, 4.69) is 10.5 Å². The first kappa shape index (κ1) is 15.3. The monoisotopic (exact) mass is 317 g/mol. The minimum absolute atomic E-state index is 0.0321. The van der Waals surface area contributed by atoms with Gasteiger partial charge < -0.3 is 19.2 Å². The molecule has 1 atom stereocenters. The summed E-state index contributed by atoms with van der Waals surface area (Å²) in [5.74, 6) is 1.52. The largest absolute Gasteiger partial charge is 0.469 e. The Hall–Kier alpha value is -2.57. The van der Waals surface area contributed by atoms with Crippen molar-refractivity contribution in [3.63, 3.8) is 0 Å². The maximum atomic E-state index is 12.4. The minimum atomic E-state index is -0.448. The van der Waals surface area contributed by atoms with E-state index in [-0.39, 0.29) is 11.8 Å². The van der Waals surface area contributed by atoms with E-state index in [0.717, 1.165) is 12.2 Å². The van der Waals surface area contributed by atoms with Crippen molar-refractivity contribution in [2.24, 2.45) is 0 Å². The number of furan rings is 1. The summed E-state index contributed by atoms with van der Waals surface area (Å²) >= 11 is 0. The van der Waals surface area contributed by atoms with E-state index in [1.165, 1.54) is 0 Å². The lowest BCUT2D eigenvalue weighted by atomic mass is 10.2. The Morgan fingerprint density at radius 2 is 2.35 bits per heavy atom. The van der Waals surface area contributed by atoms with Crippen LogP contribution in [-0.2, 0) is 16.0 Å². The first-order valence-corrected chi connectivity index (χ1v) is 7.69. The molecule has 2 aromatic heterocycles. The summed E-state index contributed by atoms with van der Waals surface area (Å²) < 4.78 is 10.2. The fourth-order valence-electron chi connectivity index (χ4n) is 2.80. The molecule has 2 aromatic rings. The van der Waals surface area contributed by atoms with Crippen LogP contribution in [0.1, 0.15) is 30.8 Å². The van der Waals surface area contributed by atoms with Gasteiger partial charge in [-0.1, -0.05) is 5.16 Å². The summed E-state index contributed by atoms with van der Waals surface area (Å²) in [4.78, 5) is 26.4. The highest BCUT2D eigenvalue weighted by Gasteiger charge is 2.34. The molecule has 7 heteroatoms.